The highest BCUT2D eigenvalue weighted by Gasteiger charge is 2.14. The van der Waals surface area contributed by atoms with Crippen molar-refractivity contribution in [2.45, 2.75) is 44.8 Å². The number of aromatic nitrogens is 2. The Morgan fingerprint density at radius 1 is 1.22 bits per heavy atom. The van der Waals surface area contributed by atoms with Crippen LogP contribution in [0, 0.1) is 0 Å². The van der Waals surface area contributed by atoms with Crippen molar-refractivity contribution in [2.24, 2.45) is 0 Å². The van der Waals surface area contributed by atoms with Crippen LogP contribution < -0.4 is 15.6 Å². The number of hydrogen-bond donors (Lipinski definition) is 2. The van der Waals surface area contributed by atoms with Crippen molar-refractivity contribution in [3.05, 3.63) is 51.4 Å². The summed E-state index contributed by atoms with van der Waals surface area (Å²) in [4.78, 5) is 11.4. The number of rotatable bonds is 5. The Morgan fingerprint density at radius 3 is 2.70 bits per heavy atom. The van der Waals surface area contributed by atoms with E-state index in [4.69, 9.17) is 16.3 Å². The van der Waals surface area contributed by atoms with E-state index in [1.165, 1.54) is 25.5 Å². The molecule has 1 heterocycles. The second-order valence-corrected chi connectivity index (χ2v) is 6.18. The van der Waals surface area contributed by atoms with Crippen molar-refractivity contribution in [3.8, 4) is 5.75 Å². The molecule has 0 spiro atoms. The molecule has 122 valence electrons. The van der Waals surface area contributed by atoms with Crippen LogP contribution in [0.4, 0.5) is 5.69 Å². The summed E-state index contributed by atoms with van der Waals surface area (Å²) >= 11 is 5.93. The molecule has 0 amide bonds. The minimum atomic E-state index is -0.395. The number of H-pyrrole nitrogens is 1. The van der Waals surface area contributed by atoms with Gasteiger partial charge in [-0.25, -0.2) is 5.10 Å². The summed E-state index contributed by atoms with van der Waals surface area (Å²) in [6.45, 7) is 0.564. The van der Waals surface area contributed by atoms with Crippen molar-refractivity contribution in [2.75, 3.05) is 5.32 Å². The third-order valence-corrected chi connectivity index (χ3v) is 4.43. The monoisotopic (exact) mass is 333 g/mol. The number of anilines is 1. The van der Waals surface area contributed by atoms with Gasteiger partial charge in [0.1, 0.15) is 10.8 Å². The van der Waals surface area contributed by atoms with Crippen molar-refractivity contribution in [3.63, 3.8) is 0 Å². The molecule has 1 aromatic heterocycles. The lowest BCUT2D eigenvalue weighted by molar-refractivity contribution is 0.155. The SMILES string of the molecule is O=c1[nH]ncc(NCc2ccc(OC3CCCCC3)cc2)c1Cl. The predicted octanol–water partition coefficient (Wildman–Crippen LogP) is 3.75. The fourth-order valence-electron chi connectivity index (χ4n) is 2.77. The van der Waals surface area contributed by atoms with Gasteiger partial charge in [-0.1, -0.05) is 30.2 Å². The maximum Gasteiger partial charge on any atom is 0.285 e. The van der Waals surface area contributed by atoms with E-state index in [1.807, 2.05) is 24.3 Å². The van der Waals surface area contributed by atoms with Gasteiger partial charge >= 0.3 is 0 Å². The first-order valence-electron chi connectivity index (χ1n) is 7.95. The summed E-state index contributed by atoms with van der Waals surface area (Å²) < 4.78 is 6.01. The van der Waals surface area contributed by atoms with Crippen LogP contribution in [0.25, 0.3) is 0 Å². The molecule has 0 aliphatic heterocycles. The lowest BCUT2D eigenvalue weighted by Crippen LogP contribution is -2.19. The molecule has 2 N–H and O–H groups in total. The topological polar surface area (TPSA) is 67.0 Å². The molecule has 0 bridgehead atoms. The van der Waals surface area contributed by atoms with Gasteiger partial charge in [0.25, 0.3) is 5.56 Å². The zero-order chi connectivity index (χ0) is 16.1. The summed E-state index contributed by atoms with van der Waals surface area (Å²) in [6.07, 6.45) is 8.01. The highest BCUT2D eigenvalue weighted by molar-refractivity contribution is 6.32. The summed E-state index contributed by atoms with van der Waals surface area (Å²) in [5, 5.41) is 9.26. The molecule has 2 aromatic rings. The van der Waals surface area contributed by atoms with Crippen LogP contribution in [-0.2, 0) is 6.54 Å². The van der Waals surface area contributed by atoms with Crippen LogP contribution in [0.15, 0.2) is 35.3 Å². The van der Waals surface area contributed by atoms with Crippen LogP contribution in [0.1, 0.15) is 37.7 Å². The van der Waals surface area contributed by atoms with Gasteiger partial charge in [0.2, 0.25) is 0 Å². The molecule has 0 radical (unpaired) electrons. The fourth-order valence-corrected chi connectivity index (χ4v) is 2.92. The lowest BCUT2D eigenvalue weighted by atomic mass is 9.98. The van der Waals surface area contributed by atoms with Crippen LogP contribution in [0.2, 0.25) is 5.02 Å². The molecule has 0 saturated heterocycles. The van der Waals surface area contributed by atoms with E-state index in [9.17, 15) is 4.79 Å². The van der Waals surface area contributed by atoms with Crippen LogP contribution in [-0.4, -0.2) is 16.3 Å². The quantitative estimate of drug-likeness (QED) is 0.874. The van der Waals surface area contributed by atoms with Crippen LogP contribution in [0.3, 0.4) is 0 Å². The number of hydrogen-bond acceptors (Lipinski definition) is 4. The van der Waals surface area contributed by atoms with E-state index in [0.717, 1.165) is 24.2 Å². The second kappa shape index (κ2) is 7.51. The molecule has 0 unspecified atom stereocenters. The van der Waals surface area contributed by atoms with E-state index in [1.54, 1.807) is 0 Å². The zero-order valence-electron chi connectivity index (χ0n) is 12.8. The van der Waals surface area contributed by atoms with Crippen LogP contribution in [0.5, 0.6) is 5.75 Å². The van der Waals surface area contributed by atoms with Gasteiger partial charge in [0, 0.05) is 6.54 Å². The van der Waals surface area contributed by atoms with E-state index in [2.05, 4.69) is 15.5 Å². The molecule has 1 fully saturated rings. The molecule has 1 saturated carbocycles. The van der Waals surface area contributed by atoms with Crippen molar-refractivity contribution in [1.82, 2.24) is 10.2 Å². The van der Waals surface area contributed by atoms with Crippen LogP contribution >= 0.6 is 11.6 Å². The summed E-state index contributed by atoms with van der Waals surface area (Å²) in [5.41, 5.74) is 1.21. The number of halogens is 1. The molecule has 1 aromatic carbocycles. The van der Waals surface area contributed by atoms with Crippen molar-refractivity contribution in [1.29, 1.82) is 0 Å². The Morgan fingerprint density at radius 2 is 1.96 bits per heavy atom. The van der Waals surface area contributed by atoms with E-state index in [-0.39, 0.29) is 5.02 Å². The summed E-state index contributed by atoms with van der Waals surface area (Å²) in [7, 11) is 0. The minimum Gasteiger partial charge on any atom is -0.490 e. The van der Waals surface area contributed by atoms with Gasteiger partial charge in [-0.3, -0.25) is 4.79 Å². The van der Waals surface area contributed by atoms with Crippen molar-refractivity contribution >= 4 is 17.3 Å². The Balaban J connectivity index is 1.57. The van der Waals surface area contributed by atoms with Gasteiger partial charge in [-0.2, -0.15) is 5.10 Å². The molecular formula is C17H20ClN3O2. The second-order valence-electron chi connectivity index (χ2n) is 5.80. The highest BCUT2D eigenvalue weighted by Crippen LogP contribution is 2.24. The first-order valence-corrected chi connectivity index (χ1v) is 8.33. The van der Waals surface area contributed by atoms with Gasteiger partial charge in [-0.15, -0.1) is 0 Å². The smallest absolute Gasteiger partial charge is 0.285 e. The Bertz CT molecular complexity index is 694. The molecule has 5 nitrogen and oxygen atoms in total. The van der Waals surface area contributed by atoms with Crippen molar-refractivity contribution < 1.29 is 4.74 Å². The maximum absolute atomic E-state index is 11.4. The van der Waals surface area contributed by atoms with Gasteiger partial charge in [0.15, 0.2) is 0 Å². The van der Waals surface area contributed by atoms with Gasteiger partial charge < -0.3 is 10.1 Å². The fraction of sp³-hybridized carbons (Fsp3) is 0.412. The molecule has 23 heavy (non-hydrogen) atoms. The Labute approximate surface area is 140 Å². The first kappa shape index (κ1) is 15.9. The number of aromatic amines is 1. The minimum absolute atomic E-state index is 0.122. The predicted molar refractivity (Wildman–Crippen MR) is 91.1 cm³/mol. The molecular weight excluding hydrogens is 314 g/mol. The molecule has 1 aliphatic carbocycles. The normalized spacial score (nSPS) is 15.3. The Hall–Kier alpha value is -2.01. The lowest BCUT2D eigenvalue weighted by Gasteiger charge is -2.23. The first-order chi connectivity index (χ1) is 11.2. The van der Waals surface area contributed by atoms with E-state index < -0.39 is 5.56 Å². The van der Waals surface area contributed by atoms with E-state index in [0.29, 0.717) is 18.3 Å². The Kier molecular flexibility index (Phi) is 5.18. The van der Waals surface area contributed by atoms with Gasteiger partial charge in [0.05, 0.1) is 18.0 Å². The number of nitrogens with zero attached hydrogens (tertiary/aromatic N) is 1. The average molecular weight is 334 g/mol. The molecule has 3 rings (SSSR count). The maximum atomic E-state index is 11.4. The average Bonchev–Trinajstić information content (AvgIpc) is 2.58. The standard InChI is InChI=1S/C17H20ClN3O2/c18-16-15(11-20-21-17(16)22)19-10-12-6-8-14(9-7-12)23-13-4-2-1-3-5-13/h6-9,11,13H,1-5,10H2,(H2,19,21,22). The number of ether oxygens (including phenoxy) is 1. The molecule has 6 heteroatoms. The van der Waals surface area contributed by atoms with Gasteiger partial charge in [-0.05, 0) is 43.4 Å². The summed E-state index contributed by atoms with van der Waals surface area (Å²) in [5.74, 6) is 0.913. The molecule has 0 atom stereocenters. The highest BCUT2D eigenvalue weighted by atomic mass is 35.5. The molecule has 1 aliphatic rings. The zero-order valence-corrected chi connectivity index (χ0v) is 13.6. The third-order valence-electron chi connectivity index (χ3n) is 4.06. The third kappa shape index (κ3) is 4.26. The van der Waals surface area contributed by atoms with E-state index >= 15 is 0 Å². The number of benzene rings is 1. The summed E-state index contributed by atoms with van der Waals surface area (Å²) in [6, 6.07) is 8.01. The number of nitrogens with one attached hydrogen (secondary N) is 2. The largest absolute Gasteiger partial charge is 0.490 e.